The smallest absolute Gasteiger partial charge is 0.264 e. The Balaban J connectivity index is 1.57. The normalized spacial score (nSPS) is 14.1. The molecule has 264 valence electrons. The van der Waals surface area contributed by atoms with E-state index in [-0.39, 0.29) is 29.8 Å². The lowest BCUT2D eigenvalue weighted by molar-refractivity contribution is -0.140. The van der Waals surface area contributed by atoms with Gasteiger partial charge in [-0.15, -0.1) is 0 Å². The van der Waals surface area contributed by atoms with Crippen LogP contribution in [0.15, 0.2) is 102 Å². The van der Waals surface area contributed by atoms with Crippen LogP contribution in [0.25, 0.3) is 0 Å². The highest BCUT2D eigenvalue weighted by Crippen LogP contribution is 2.29. The number of halogens is 2. The van der Waals surface area contributed by atoms with E-state index in [1.807, 2.05) is 44.2 Å². The molecule has 8 nitrogen and oxygen atoms in total. The van der Waals surface area contributed by atoms with E-state index in [4.69, 9.17) is 27.9 Å². The molecule has 1 aliphatic rings. The van der Waals surface area contributed by atoms with E-state index in [2.05, 4.69) is 5.32 Å². The van der Waals surface area contributed by atoms with Crippen molar-refractivity contribution in [2.75, 3.05) is 17.5 Å². The molecule has 1 atom stereocenters. The van der Waals surface area contributed by atoms with Crippen LogP contribution in [0.3, 0.4) is 0 Å². The predicted molar refractivity (Wildman–Crippen MR) is 199 cm³/mol. The third-order valence-corrected chi connectivity index (χ3v) is 11.3. The average Bonchev–Trinajstić information content (AvgIpc) is 3.11. The van der Waals surface area contributed by atoms with E-state index >= 15 is 0 Å². The predicted octanol–water partition coefficient (Wildman–Crippen LogP) is 7.98. The molecule has 1 aliphatic carbocycles. The lowest BCUT2D eigenvalue weighted by atomic mass is 9.94. The molecule has 0 heterocycles. The van der Waals surface area contributed by atoms with Gasteiger partial charge in [-0.3, -0.25) is 13.9 Å². The Morgan fingerprint density at radius 3 is 2.22 bits per heavy atom. The summed E-state index contributed by atoms with van der Waals surface area (Å²) < 4.78 is 35.3. The molecule has 0 saturated heterocycles. The van der Waals surface area contributed by atoms with Crippen LogP contribution in [0.1, 0.15) is 55.7 Å². The molecule has 0 aromatic heterocycles. The van der Waals surface area contributed by atoms with E-state index in [0.29, 0.717) is 33.7 Å². The standard InChI is InChI=1S/C39H43Cl2N3O5S/c1-3-49-34-20-22-35(23-21-34)50(47,48)44(33-18-14-28(2)15-19-33)27-38(45)43(26-30-16-17-31(40)25-36(30)41)37(24-29-10-6-4-7-11-29)39(46)42-32-12-8-5-9-13-32/h4,6-7,10-11,14-23,25,32,37H,3,5,8-9,12-13,24,26-27H2,1-2H3,(H,42,46). The van der Waals surface area contributed by atoms with Gasteiger partial charge in [-0.05, 0) is 86.3 Å². The van der Waals surface area contributed by atoms with Crippen LogP contribution in [0, 0.1) is 6.92 Å². The van der Waals surface area contributed by atoms with E-state index in [1.165, 1.54) is 17.0 Å². The molecule has 5 rings (SSSR count). The fourth-order valence-electron chi connectivity index (χ4n) is 6.17. The Morgan fingerprint density at radius 1 is 0.900 bits per heavy atom. The zero-order valence-corrected chi connectivity index (χ0v) is 30.7. The molecule has 11 heteroatoms. The number of carbonyl (C=O) groups excluding carboxylic acids is 2. The molecule has 0 bridgehead atoms. The fraction of sp³-hybridized carbons (Fsp3) is 0.333. The number of carbonyl (C=O) groups is 2. The van der Waals surface area contributed by atoms with Gasteiger partial charge in [0.25, 0.3) is 10.0 Å². The van der Waals surface area contributed by atoms with Crippen molar-refractivity contribution in [1.82, 2.24) is 10.2 Å². The summed E-state index contributed by atoms with van der Waals surface area (Å²) in [5, 5.41) is 3.98. The second-order valence-electron chi connectivity index (χ2n) is 12.6. The van der Waals surface area contributed by atoms with Crippen molar-refractivity contribution < 1.29 is 22.7 Å². The van der Waals surface area contributed by atoms with Crippen molar-refractivity contribution in [3.8, 4) is 5.75 Å². The highest BCUT2D eigenvalue weighted by molar-refractivity contribution is 7.92. The van der Waals surface area contributed by atoms with Gasteiger partial charge in [-0.25, -0.2) is 8.42 Å². The summed E-state index contributed by atoms with van der Waals surface area (Å²) in [6, 6.07) is 26.5. The molecule has 4 aromatic rings. The Bertz CT molecular complexity index is 1850. The summed E-state index contributed by atoms with van der Waals surface area (Å²) in [6.07, 6.45) is 5.10. The zero-order valence-electron chi connectivity index (χ0n) is 28.4. The molecule has 4 aromatic carbocycles. The Morgan fingerprint density at radius 2 is 1.58 bits per heavy atom. The molecule has 0 aliphatic heterocycles. The number of nitrogens with zero attached hydrogens (tertiary/aromatic N) is 2. The summed E-state index contributed by atoms with van der Waals surface area (Å²) >= 11 is 12.9. The van der Waals surface area contributed by atoms with Gasteiger partial charge >= 0.3 is 0 Å². The average molecular weight is 737 g/mol. The van der Waals surface area contributed by atoms with E-state index in [9.17, 15) is 18.0 Å². The third kappa shape index (κ3) is 9.59. The topological polar surface area (TPSA) is 96.0 Å². The fourth-order valence-corrected chi connectivity index (χ4v) is 8.06. The van der Waals surface area contributed by atoms with Gasteiger partial charge in [0.15, 0.2) is 0 Å². The number of amides is 2. The molecule has 1 N–H and O–H groups in total. The summed E-state index contributed by atoms with van der Waals surface area (Å²) in [5.41, 5.74) is 2.67. The maximum atomic E-state index is 14.8. The number of anilines is 1. The monoisotopic (exact) mass is 735 g/mol. The molecule has 1 unspecified atom stereocenters. The van der Waals surface area contributed by atoms with Gasteiger partial charge in [0, 0.05) is 29.1 Å². The quantitative estimate of drug-likeness (QED) is 0.142. The number of hydrogen-bond donors (Lipinski definition) is 1. The molecule has 1 saturated carbocycles. The Hall–Kier alpha value is -4.05. The van der Waals surface area contributed by atoms with Crippen LogP contribution in [-0.4, -0.2) is 50.4 Å². The number of ether oxygens (including phenoxy) is 1. The summed E-state index contributed by atoms with van der Waals surface area (Å²) in [6.45, 7) is 3.57. The maximum Gasteiger partial charge on any atom is 0.264 e. The minimum absolute atomic E-state index is 0.00231. The number of rotatable bonds is 14. The second kappa shape index (κ2) is 17.2. The largest absolute Gasteiger partial charge is 0.494 e. The van der Waals surface area contributed by atoms with E-state index in [1.54, 1.807) is 54.6 Å². The van der Waals surface area contributed by atoms with Gasteiger partial charge in [0.2, 0.25) is 11.8 Å². The van der Waals surface area contributed by atoms with Crippen molar-refractivity contribution in [1.29, 1.82) is 0 Å². The molecule has 0 spiro atoms. The first-order chi connectivity index (χ1) is 24.0. The van der Waals surface area contributed by atoms with Gasteiger partial charge in [0.05, 0.1) is 17.2 Å². The first-order valence-electron chi connectivity index (χ1n) is 16.9. The first-order valence-corrected chi connectivity index (χ1v) is 19.1. The van der Waals surface area contributed by atoms with Crippen LogP contribution >= 0.6 is 23.2 Å². The first kappa shape index (κ1) is 37.2. The molecule has 1 fully saturated rings. The minimum atomic E-state index is -4.26. The van der Waals surface area contributed by atoms with Gasteiger partial charge in [-0.2, -0.15) is 0 Å². The van der Waals surface area contributed by atoms with E-state index in [0.717, 1.165) is 47.5 Å². The highest BCUT2D eigenvalue weighted by atomic mass is 35.5. The van der Waals surface area contributed by atoms with Gasteiger partial charge < -0.3 is 15.0 Å². The van der Waals surface area contributed by atoms with E-state index < -0.39 is 28.5 Å². The lowest BCUT2D eigenvalue weighted by Crippen LogP contribution is -2.55. The number of hydrogen-bond acceptors (Lipinski definition) is 5. The number of aryl methyl sites for hydroxylation is 1. The van der Waals surface area contributed by atoms with Crippen molar-refractivity contribution in [3.05, 3.63) is 124 Å². The van der Waals surface area contributed by atoms with Crippen molar-refractivity contribution in [2.24, 2.45) is 0 Å². The second-order valence-corrected chi connectivity index (χ2v) is 15.3. The van der Waals surface area contributed by atoms with Crippen molar-refractivity contribution in [3.63, 3.8) is 0 Å². The SMILES string of the molecule is CCOc1ccc(S(=O)(=O)N(CC(=O)N(Cc2ccc(Cl)cc2Cl)C(Cc2ccccc2)C(=O)NC2CCCCC2)c2ccc(C)cc2)cc1. The lowest BCUT2D eigenvalue weighted by Gasteiger charge is -2.35. The third-order valence-electron chi connectivity index (χ3n) is 8.90. The van der Waals surface area contributed by atoms with Crippen molar-refractivity contribution in [2.45, 2.75) is 75.9 Å². The van der Waals surface area contributed by atoms with Crippen molar-refractivity contribution >= 4 is 50.7 Å². The highest BCUT2D eigenvalue weighted by Gasteiger charge is 2.35. The molecular formula is C39H43Cl2N3O5S. The zero-order chi connectivity index (χ0) is 35.7. The Kier molecular flexibility index (Phi) is 12.8. The molecular weight excluding hydrogens is 693 g/mol. The molecule has 50 heavy (non-hydrogen) atoms. The number of nitrogens with one attached hydrogen (secondary N) is 1. The summed E-state index contributed by atoms with van der Waals surface area (Å²) in [5.74, 6) is -0.329. The number of sulfonamides is 1. The van der Waals surface area contributed by atoms with Crippen LogP contribution in [0.4, 0.5) is 5.69 Å². The van der Waals surface area contributed by atoms with Gasteiger partial charge in [0.1, 0.15) is 18.3 Å². The minimum Gasteiger partial charge on any atom is -0.494 e. The Labute approximate surface area is 305 Å². The van der Waals surface area contributed by atoms with Crippen LogP contribution in [-0.2, 0) is 32.6 Å². The van der Waals surface area contributed by atoms with Crippen LogP contribution in [0.2, 0.25) is 10.0 Å². The summed E-state index contributed by atoms with van der Waals surface area (Å²) in [7, 11) is -4.26. The molecule has 0 radical (unpaired) electrons. The van der Waals surface area contributed by atoms with Crippen LogP contribution in [0.5, 0.6) is 5.75 Å². The van der Waals surface area contributed by atoms with Crippen LogP contribution < -0.4 is 14.4 Å². The summed E-state index contributed by atoms with van der Waals surface area (Å²) in [4.78, 5) is 30.5. The number of benzene rings is 4. The maximum absolute atomic E-state index is 14.8. The molecule has 2 amide bonds. The van der Waals surface area contributed by atoms with Gasteiger partial charge in [-0.1, -0.05) is 96.6 Å².